The average molecular weight is 348 g/mol. The van der Waals surface area contributed by atoms with Crippen LogP contribution in [0.3, 0.4) is 0 Å². The van der Waals surface area contributed by atoms with Crippen LogP contribution in [-0.2, 0) is 7.05 Å². The van der Waals surface area contributed by atoms with Crippen molar-refractivity contribution < 1.29 is 4.79 Å². The smallest absolute Gasteiger partial charge is 0.254 e. The lowest BCUT2D eigenvalue weighted by Gasteiger charge is -2.26. The summed E-state index contributed by atoms with van der Waals surface area (Å²) in [5.74, 6) is 0.231. The van der Waals surface area contributed by atoms with E-state index in [1.165, 1.54) is 0 Å². The second-order valence-electron chi connectivity index (χ2n) is 6.45. The number of aromatic nitrogens is 4. The second-order valence-corrected chi connectivity index (χ2v) is 6.45. The predicted octanol–water partition coefficient (Wildman–Crippen LogP) is 2.44. The Labute approximate surface area is 151 Å². The minimum atomic E-state index is -0.122. The highest BCUT2D eigenvalue weighted by Gasteiger charge is 2.33. The zero-order valence-corrected chi connectivity index (χ0v) is 14.5. The lowest BCUT2D eigenvalue weighted by Crippen LogP contribution is -2.31. The number of nitrogen functional groups attached to an aromatic ring is 1. The minimum Gasteiger partial charge on any atom is -0.368 e. The van der Waals surface area contributed by atoms with Crippen LogP contribution in [0.25, 0.3) is 11.1 Å². The lowest BCUT2D eigenvalue weighted by molar-refractivity contribution is 0.0733. The number of carbonyl (C=O) groups excluding carboxylic acids is 1. The molecule has 7 nitrogen and oxygen atoms in total. The second kappa shape index (κ2) is 6.59. The van der Waals surface area contributed by atoms with Gasteiger partial charge in [-0.15, -0.1) is 0 Å². The van der Waals surface area contributed by atoms with Gasteiger partial charge in [-0.2, -0.15) is 5.10 Å². The molecule has 1 atom stereocenters. The van der Waals surface area contributed by atoms with Crippen LogP contribution in [0.15, 0.2) is 48.9 Å². The van der Waals surface area contributed by atoms with Crippen LogP contribution in [0.2, 0.25) is 0 Å². The molecule has 0 aliphatic carbocycles. The van der Waals surface area contributed by atoms with Crippen molar-refractivity contribution in [2.45, 2.75) is 18.9 Å². The molecule has 1 aliphatic rings. The quantitative estimate of drug-likeness (QED) is 0.785. The van der Waals surface area contributed by atoms with Gasteiger partial charge in [0.05, 0.1) is 17.9 Å². The van der Waals surface area contributed by atoms with E-state index in [1.807, 2.05) is 48.5 Å². The number of aryl methyl sites for hydroxylation is 1. The molecule has 1 fully saturated rings. The zero-order chi connectivity index (χ0) is 18.1. The van der Waals surface area contributed by atoms with Crippen molar-refractivity contribution in [1.29, 1.82) is 0 Å². The van der Waals surface area contributed by atoms with Crippen LogP contribution in [-0.4, -0.2) is 37.1 Å². The largest absolute Gasteiger partial charge is 0.368 e. The van der Waals surface area contributed by atoms with E-state index in [0.29, 0.717) is 12.1 Å². The van der Waals surface area contributed by atoms with Crippen LogP contribution < -0.4 is 5.73 Å². The fraction of sp³-hybridized carbons (Fsp3) is 0.263. The van der Waals surface area contributed by atoms with E-state index < -0.39 is 0 Å². The summed E-state index contributed by atoms with van der Waals surface area (Å²) in [6.45, 7) is 0.703. The standard InChI is InChI=1S/C19H20N6O/c1-24-12-14(10-22-24)15-11-21-19(20)23-17(15)16-8-5-9-25(16)18(26)13-6-3-2-4-7-13/h2-4,6-7,10-12,16H,5,8-9H2,1H3,(H2,20,21,23). The average Bonchev–Trinajstić information content (AvgIpc) is 3.31. The first-order valence-corrected chi connectivity index (χ1v) is 8.61. The monoisotopic (exact) mass is 348 g/mol. The highest BCUT2D eigenvalue weighted by atomic mass is 16.2. The maximum absolute atomic E-state index is 13.0. The van der Waals surface area contributed by atoms with E-state index in [4.69, 9.17) is 5.73 Å². The zero-order valence-electron chi connectivity index (χ0n) is 14.5. The van der Waals surface area contributed by atoms with Gasteiger partial charge in [-0.25, -0.2) is 9.97 Å². The molecule has 2 aromatic heterocycles. The molecule has 0 saturated carbocycles. The van der Waals surface area contributed by atoms with Crippen LogP contribution in [0.1, 0.15) is 34.9 Å². The van der Waals surface area contributed by atoms with Crippen molar-refractivity contribution in [3.63, 3.8) is 0 Å². The summed E-state index contributed by atoms with van der Waals surface area (Å²) in [4.78, 5) is 23.5. The molecule has 0 radical (unpaired) electrons. The Bertz CT molecular complexity index is 936. The third-order valence-corrected chi connectivity index (χ3v) is 4.70. The first-order valence-electron chi connectivity index (χ1n) is 8.61. The van der Waals surface area contributed by atoms with Crippen molar-refractivity contribution in [3.8, 4) is 11.1 Å². The minimum absolute atomic E-state index is 0.0161. The fourth-order valence-electron chi connectivity index (χ4n) is 3.49. The lowest BCUT2D eigenvalue weighted by atomic mass is 10.0. The van der Waals surface area contributed by atoms with Gasteiger partial charge in [0.2, 0.25) is 5.95 Å². The number of hydrogen-bond donors (Lipinski definition) is 1. The van der Waals surface area contributed by atoms with Gasteiger partial charge >= 0.3 is 0 Å². The van der Waals surface area contributed by atoms with Gasteiger partial charge in [0.15, 0.2) is 0 Å². The number of likely N-dealkylation sites (tertiary alicyclic amines) is 1. The Balaban J connectivity index is 1.74. The number of nitrogens with two attached hydrogens (primary N) is 1. The number of nitrogens with zero attached hydrogens (tertiary/aromatic N) is 5. The molecule has 3 aromatic rings. The van der Waals surface area contributed by atoms with Crippen LogP contribution >= 0.6 is 0 Å². The van der Waals surface area contributed by atoms with Gasteiger partial charge < -0.3 is 10.6 Å². The molecule has 0 bridgehead atoms. The molecule has 4 rings (SSSR count). The highest BCUT2D eigenvalue weighted by molar-refractivity contribution is 5.94. The summed E-state index contributed by atoms with van der Waals surface area (Å²) < 4.78 is 1.73. The molecule has 2 N–H and O–H groups in total. The molecular weight excluding hydrogens is 328 g/mol. The normalized spacial score (nSPS) is 16.8. The van der Waals surface area contributed by atoms with E-state index in [-0.39, 0.29) is 17.9 Å². The first-order chi connectivity index (χ1) is 12.6. The Kier molecular flexibility index (Phi) is 4.12. The topological polar surface area (TPSA) is 89.9 Å². The summed E-state index contributed by atoms with van der Waals surface area (Å²) in [5, 5.41) is 4.23. The molecule has 1 aliphatic heterocycles. The molecule has 0 spiro atoms. The first kappa shape index (κ1) is 16.3. The van der Waals surface area contributed by atoms with Gasteiger partial charge in [0, 0.05) is 42.7 Å². The Hall–Kier alpha value is -3.22. The van der Waals surface area contributed by atoms with E-state index in [1.54, 1.807) is 17.1 Å². The van der Waals surface area contributed by atoms with Crippen molar-refractivity contribution in [3.05, 3.63) is 60.2 Å². The number of anilines is 1. The van der Waals surface area contributed by atoms with E-state index >= 15 is 0 Å². The maximum atomic E-state index is 13.0. The van der Waals surface area contributed by atoms with Gasteiger partial charge in [-0.05, 0) is 25.0 Å². The number of rotatable bonds is 3. The molecule has 1 amide bonds. The van der Waals surface area contributed by atoms with Crippen molar-refractivity contribution in [2.24, 2.45) is 7.05 Å². The molecular formula is C19H20N6O. The van der Waals surface area contributed by atoms with E-state index in [2.05, 4.69) is 15.1 Å². The van der Waals surface area contributed by atoms with Crippen molar-refractivity contribution in [2.75, 3.05) is 12.3 Å². The van der Waals surface area contributed by atoms with E-state index in [9.17, 15) is 4.79 Å². The third-order valence-electron chi connectivity index (χ3n) is 4.70. The van der Waals surface area contributed by atoms with Gasteiger partial charge in [-0.1, -0.05) is 18.2 Å². The summed E-state index contributed by atoms with van der Waals surface area (Å²) in [6.07, 6.45) is 7.19. The van der Waals surface area contributed by atoms with Crippen molar-refractivity contribution >= 4 is 11.9 Å². The summed E-state index contributed by atoms with van der Waals surface area (Å²) in [7, 11) is 1.86. The van der Waals surface area contributed by atoms with Gasteiger partial charge in [-0.3, -0.25) is 9.48 Å². The summed E-state index contributed by atoms with van der Waals surface area (Å²) >= 11 is 0. The Morgan fingerprint density at radius 3 is 2.77 bits per heavy atom. The summed E-state index contributed by atoms with van der Waals surface area (Å²) in [6, 6.07) is 9.22. The predicted molar refractivity (Wildman–Crippen MR) is 98.1 cm³/mol. The molecule has 1 aromatic carbocycles. The molecule has 7 heteroatoms. The SMILES string of the molecule is Cn1cc(-c2cnc(N)nc2C2CCCN2C(=O)c2ccccc2)cn1. The molecule has 3 heterocycles. The summed E-state index contributed by atoms with van der Waals surface area (Å²) in [5.41, 5.74) is 9.12. The molecule has 1 unspecified atom stereocenters. The Morgan fingerprint density at radius 2 is 2.04 bits per heavy atom. The van der Waals surface area contributed by atoms with Crippen LogP contribution in [0.5, 0.6) is 0 Å². The molecule has 26 heavy (non-hydrogen) atoms. The number of benzene rings is 1. The van der Waals surface area contributed by atoms with Gasteiger partial charge in [0.1, 0.15) is 0 Å². The highest BCUT2D eigenvalue weighted by Crippen LogP contribution is 2.37. The maximum Gasteiger partial charge on any atom is 0.254 e. The van der Waals surface area contributed by atoms with E-state index in [0.717, 1.165) is 29.7 Å². The molecule has 1 saturated heterocycles. The van der Waals surface area contributed by atoms with Gasteiger partial charge in [0.25, 0.3) is 5.91 Å². The van der Waals surface area contributed by atoms with Crippen LogP contribution in [0, 0.1) is 0 Å². The number of amides is 1. The third kappa shape index (κ3) is 2.92. The number of carbonyl (C=O) groups is 1. The Morgan fingerprint density at radius 1 is 1.23 bits per heavy atom. The molecule has 132 valence electrons. The van der Waals surface area contributed by atoms with Crippen molar-refractivity contribution in [1.82, 2.24) is 24.6 Å². The number of hydrogen-bond acceptors (Lipinski definition) is 5. The van der Waals surface area contributed by atoms with Crippen LogP contribution in [0.4, 0.5) is 5.95 Å². The fourth-order valence-corrected chi connectivity index (χ4v) is 3.49.